The fourth-order valence-corrected chi connectivity index (χ4v) is 9.21. The van der Waals surface area contributed by atoms with Crippen molar-refractivity contribution in [2.45, 2.75) is 74.1 Å². The van der Waals surface area contributed by atoms with E-state index in [1.807, 2.05) is 0 Å². The molecule has 1 saturated carbocycles. The molecule has 244 valence electrons. The van der Waals surface area contributed by atoms with E-state index < -0.39 is 34.1 Å². The fourth-order valence-electron chi connectivity index (χ4n) is 9.21. The van der Waals surface area contributed by atoms with Gasteiger partial charge in [0.1, 0.15) is 29.2 Å². The summed E-state index contributed by atoms with van der Waals surface area (Å²) in [5.41, 5.74) is -1.89. The van der Waals surface area contributed by atoms with Crippen molar-refractivity contribution >= 4 is 16.6 Å². The first kappa shape index (κ1) is 29.4. The molecule has 1 aromatic carbocycles. The standard InChI is InChI=1S/C35H34F4N6O2/c1-2-24-25(36)7-4-20-10-34(46,11-26(27(20)24)44-14-22-5-6-23(15-44)42-22)30-28(37)29-21(12-40-30)13-41-31(43-29)47-19-33-8-3-9-45(33)18-32(16-33)17-35(32,38)39/h1,4,7,11-13,22-23,42,46H,3,5-6,8-10,14-19H2/t22-,23+,32-,33-,34?/m0/s1. The third-order valence-corrected chi connectivity index (χ3v) is 11.6. The number of aliphatic hydroxyl groups is 1. The molecule has 2 N–H and O–H groups in total. The molecule has 4 aliphatic heterocycles. The summed E-state index contributed by atoms with van der Waals surface area (Å²) < 4.78 is 66.1. The van der Waals surface area contributed by atoms with Crippen molar-refractivity contribution in [2.24, 2.45) is 5.41 Å². The SMILES string of the molecule is C#Cc1c(F)ccc2c1C(N1C[C@H]3CC[C@@H](C1)N3)=CC(O)(c1ncc3cnc(OC[C@@]45CCCN4C[C@@]4(CC4(F)F)C5)nc3c1F)C2. The molecule has 8 nitrogen and oxygen atoms in total. The van der Waals surface area contributed by atoms with Crippen molar-refractivity contribution in [1.29, 1.82) is 0 Å². The number of hydrogen-bond acceptors (Lipinski definition) is 8. The van der Waals surface area contributed by atoms with Crippen LogP contribution in [0.25, 0.3) is 16.6 Å². The summed E-state index contributed by atoms with van der Waals surface area (Å²) >= 11 is 0. The van der Waals surface area contributed by atoms with Crippen LogP contribution in [-0.2, 0) is 12.0 Å². The maximum atomic E-state index is 16.5. The Bertz CT molecular complexity index is 1900. The lowest BCUT2D eigenvalue weighted by molar-refractivity contribution is 0.0647. The molecule has 5 atom stereocenters. The molecule has 3 aromatic rings. The number of benzene rings is 1. The van der Waals surface area contributed by atoms with Gasteiger partial charge in [-0.05, 0) is 56.4 Å². The number of ether oxygens (including phenoxy) is 1. The minimum absolute atomic E-state index is 0.0686. The summed E-state index contributed by atoms with van der Waals surface area (Å²) in [7, 11) is 0. The largest absolute Gasteiger partial charge is 0.461 e. The van der Waals surface area contributed by atoms with Gasteiger partial charge < -0.3 is 20.1 Å². The van der Waals surface area contributed by atoms with Crippen molar-refractivity contribution in [3.8, 4) is 18.4 Å². The Morgan fingerprint density at radius 1 is 1.11 bits per heavy atom. The van der Waals surface area contributed by atoms with Crippen LogP contribution < -0.4 is 10.1 Å². The van der Waals surface area contributed by atoms with Gasteiger partial charge in [-0.2, -0.15) is 4.98 Å². The van der Waals surface area contributed by atoms with E-state index in [0.717, 1.165) is 32.2 Å². The van der Waals surface area contributed by atoms with Crippen LogP contribution in [0.15, 0.2) is 30.6 Å². The number of rotatable bonds is 5. The predicted octanol–water partition coefficient (Wildman–Crippen LogP) is 4.15. The molecule has 2 bridgehead atoms. The number of halogens is 4. The van der Waals surface area contributed by atoms with Crippen molar-refractivity contribution < 1.29 is 27.4 Å². The van der Waals surface area contributed by atoms with Gasteiger partial charge in [0.2, 0.25) is 0 Å². The lowest BCUT2D eigenvalue weighted by Crippen LogP contribution is -2.51. The molecule has 1 spiro atoms. The first-order valence-electron chi connectivity index (χ1n) is 16.3. The average Bonchev–Trinajstić information content (AvgIpc) is 3.38. The van der Waals surface area contributed by atoms with E-state index in [1.54, 1.807) is 12.1 Å². The van der Waals surface area contributed by atoms with Crippen LogP contribution in [0.2, 0.25) is 0 Å². The Hall–Kier alpha value is -3.79. The molecule has 6 aliphatic rings. The molecule has 2 aromatic heterocycles. The second-order valence-electron chi connectivity index (χ2n) is 14.5. The number of nitrogens with zero attached hydrogens (tertiary/aromatic N) is 5. The molecule has 2 aliphatic carbocycles. The Labute approximate surface area is 269 Å². The minimum Gasteiger partial charge on any atom is -0.461 e. The normalized spacial score (nSPS) is 33.5. The van der Waals surface area contributed by atoms with Crippen LogP contribution in [0.5, 0.6) is 6.01 Å². The highest BCUT2D eigenvalue weighted by Crippen LogP contribution is 2.69. The Kier molecular flexibility index (Phi) is 6.17. The molecule has 1 unspecified atom stereocenters. The van der Waals surface area contributed by atoms with Gasteiger partial charge in [0, 0.05) is 73.6 Å². The molecule has 47 heavy (non-hydrogen) atoms. The molecule has 5 fully saturated rings. The Morgan fingerprint density at radius 3 is 2.62 bits per heavy atom. The molecular weight excluding hydrogens is 612 g/mol. The van der Waals surface area contributed by atoms with Crippen LogP contribution in [0, 0.1) is 29.4 Å². The fraction of sp³-hybridized carbons (Fsp3) is 0.514. The first-order chi connectivity index (χ1) is 22.5. The number of alkyl halides is 2. The van der Waals surface area contributed by atoms with Gasteiger partial charge in [0.15, 0.2) is 5.82 Å². The van der Waals surface area contributed by atoms with Crippen LogP contribution in [-0.4, -0.2) is 86.2 Å². The van der Waals surface area contributed by atoms with Crippen LogP contribution >= 0.6 is 0 Å². The van der Waals surface area contributed by atoms with Gasteiger partial charge in [-0.25, -0.2) is 22.5 Å². The van der Waals surface area contributed by atoms with Crippen molar-refractivity contribution in [2.75, 3.05) is 32.8 Å². The molecule has 9 rings (SSSR count). The number of aromatic nitrogens is 3. The summed E-state index contributed by atoms with van der Waals surface area (Å²) in [5.74, 6) is -1.50. The summed E-state index contributed by atoms with van der Waals surface area (Å²) in [4.78, 5) is 17.2. The second-order valence-corrected chi connectivity index (χ2v) is 14.5. The number of terminal acetylenes is 1. The van der Waals surface area contributed by atoms with E-state index in [1.165, 1.54) is 18.5 Å². The number of likely N-dealkylation sites (tertiary alicyclic amines) is 1. The van der Waals surface area contributed by atoms with Crippen molar-refractivity contribution in [3.05, 3.63) is 64.6 Å². The van der Waals surface area contributed by atoms with E-state index in [2.05, 4.69) is 36.0 Å². The highest BCUT2D eigenvalue weighted by Gasteiger charge is 2.77. The zero-order chi connectivity index (χ0) is 32.3. The Balaban J connectivity index is 1.06. The molecular formula is C35H34F4N6O2. The summed E-state index contributed by atoms with van der Waals surface area (Å²) in [6.45, 7) is 2.50. The topological polar surface area (TPSA) is 86.6 Å². The predicted molar refractivity (Wildman–Crippen MR) is 164 cm³/mol. The van der Waals surface area contributed by atoms with Crippen LogP contribution in [0.1, 0.15) is 60.9 Å². The van der Waals surface area contributed by atoms with E-state index in [-0.39, 0.29) is 54.3 Å². The molecule has 0 radical (unpaired) electrons. The molecule has 0 amide bonds. The smallest absolute Gasteiger partial charge is 0.317 e. The summed E-state index contributed by atoms with van der Waals surface area (Å²) in [6.07, 6.45) is 14.0. The maximum absolute atomic E-state index is 16.5. The quantitative estimate of drug-likeness (QED) is 0.316. The van der Waals surface area contributed by atoms with Gasteiger partial charge in [0.25, 0.3) is 5.92 Å². The summed E-state index contributed by atoms with van der Waals surface area (Å²) in [6, 6.07) is 3.28. The number of nitrogens with one attached hydrogen (secondary N) is 1. The first-order valence-corrected chi connectivity index (χ1v) is 16.3. The monoisotopic (exact) mass is 646 g/mol. The zero-order valence-electron chi connectivity index (χ0n) is 25.7. The number of hydrogen-bond donors (Lipinski definition) is 2. The van der Waals surface area contributed by atoms with Gasteiger partial charge in [-0.3, -0.25) is 9.88 Å². The third kappa shape index (κ3) is 4.35. The van der Waals surface area contributed by atoms with E-state index in [0.29, 0.717) is 48.3 Å². The van der Waals surface area contributed by atoms with E-state index in [4.69, 9.17) is 11.2 Å². The zero-order valence-corrected chi connectivity index (χ0v) is 25.7. The van der Waals surface area contributed by atoms with Crippen LogP contribution in [0.3, 0.4) is 0 Å². The number of fused-ring (bicyclic) bond motifs is 5. The highest BCUT2D eigenvalue weighted by molar-refractivity contribution is 5.80. The van der Waals surface area contributed by atoms with E-state index in [9.17, 15) is 18.3 Å². The number of pyridine rings is 1. The average molecular weight is 647 g/mol. The maximum Gasteiger partial charge on any atom is 0.317 e. The second kappa shape index (κ2) is 9.87. The van der Waals surface area contributed by atoms with Gasteiger partial charge in [0.05, 0.1) is 16.5 Å². The molecule has 4 saturated heterocycles. The minimum atomic E-state index is -2.65. The van der Waals surface area contributed by atoms with Gasteiger partial charge in [-0.15, -0.1) is 6.42 Å². The third-order valence-electron chi connectivity index (χ3n) is 11.6. The number of piperazine rings is 1. The van der Waals surface area contributed by atoms with E-state index >= 15 is 4.39 Å². The lowest BCUT2D eigenvalue weighted by Gasteiger charge is -2.41. The highest BCUT2D eigenvalue weighted by atomic mass is 19.3. The van der Waals surface area contributed by atoms with Gasteiger partial charge >= 0.3 is 6.01 Å². The van der Waals surface area contributed by atoms with Crippen molar-refractivity contribution in [3.63, 3.8) is 0 Å². The summed E-state index contributed by atoms with van der Waals surface area (Å²) in [5, 5.41) is 16.1. The van der Waals surface area contributed by atoms with Gasteiger partial charge in [-0.1, -0.05) is 12.0 Å². The van der Waals surface area contributed by atoms with Crippen LogP contribution in [0.4, 0.5) is 17.6 Å². The lowest BCUT2D eigenvalue weighted by atomic mass is 9.79. The van der Waals surface area contributed by atoms with Crippen molar-refractivity contribution in [1.82, 2.24) is 30.1 Å². The Morgan fingerprint density at radius 2 is 1.87 bits per heavy atom. The molecule has 12 heteroatoms. The molecule has 6 heterocycles.